The molecular weight excluding hydrogens is 281 g/mol. The van der Waals surface area contributed by atoms with Gasteiger partial charge in [0.1, 0.15) is 5.82 Å². The van der Waals surface area contributed by atoms with Gasteiger partial charge in [-0.15, -0.1) is 0 Å². The van der Waals surface area contributed by atoms with Crippen molar-refractivity contribution in [3.8, 4) is 0 Å². The van der Waals surface area contributed by atoms with Crippen molar-refractivity contribution in [2.45, 2.75) is 6.54 Å². The predicted octanol–water partition coefficient (Wildman–Crippen LogP) is 3.88. The molecule has 5 heteroatoms. The van der Waals surface area contributed by atoms with E-state index < -0.39 is 11.8 Å². The second-order valence-electron chi connectivity index (χ2n) is 4.16. The Kier molecular flexibility index (Phi) is 4.58. The maximum atomic E-state index is 13.2. The number of nitrogens with one attached hydrogen (secondary N) is 1. The standard InChI is InChI=1S/C15H13ClFNO2/c1-20-15(19)13-8-12(17)5-6-14(13)18-9-10-3-2-4-11(16)7-10/h2-8,18H,9H2,1H3. The van der Waals surface area contributed by atoms with Crippen LogP contribution in [0.25, 0.3) is 0 Å². The van der Waals surface area contributed by atoms with Gasteiger partial charge < -0.3 is 10.1 Å². The van der Waals surface area contributed by atoms with Crippen molar-refractivity contribution in [1.29, 1.82) is 0 Å². The lowest BCUT2D eigenvalue weighted by Gasteiger charge is -2.11. The minimum atomic E-state index is -0.585. The van der Waals surface area contributed by atoms with Crippen LogP contribution in [0, 0.1) is 5.82 Å². The second-order valence-corrected chi connectivity index (χ2v) is 4.60. The third kappa shape index (κ3) is 3.48. The molecule has 3 nitrogen and oxygen atoms in total. The topological polar surface area (TPSA) is 38.3 Å². The zero-order valence-corrected chi connectivity index (χ0v) is 11.6. The van der Waals surface area contributed by atoms with Crippen LogP contribution in [-0.2, 0) is 11.3 Å². The first-order valence-electron chi connectivity index (χ1n) is 5.96. The highest BCUT2D eigenvalue weighted by Crippen LogP contribution is 2.19. The van der Waals surface area contributed by atoms with Gasteiger partial charge in [0.25, 0.3) is 0 Å². The molecule has 0 fully saturated rings. The highest BCUT2D eigenvalue weighted by atomic mass is 35.5. The Morgan fingerprint density at radius 3 is 2.80 bits per heavy atom. The third-order valence-corrected chi connectivity index (χ3v) is 2.99. The van der Waals surface area contributed by atoms with Crippen LogP contribution in [0.1, 0.15) is 15.9 Å². The molecule has 2 aromatic carbocycles. The fourth-order valence-electron chi connectivity index (χ4n) is 1.79. The molecule has 0 radical (unpaired) electrons. The number of rotatable bonds is 4. The summed E-state index contributed by atoms with van der Waals surface area (Å²) in [6, 6.07) is 11.3. The van der Waals surface area contributed by atoms with Crippen LogP contribution in [0.3, 0.4) is 0 Å². The third-order valence-electron chi connectivity index (χ3n) is 2.76. The van der Waals surface area contributed by atoms with Crippen molar-refractivity contribution in [1.82, 2.24) is 0 Å². The molecule has 2 aromatic rings. The van der Waals surface area contributed by atoms with Gasteiger partial charge in [-0.05, 0) is 35.9 Å². The van der Waals surface area contributed by atoms with Gasteiger partial charge in [-0.3, -0.25) is 0 Å². The number of anilines is 1. The summed E-state index contributed by atoms with van der Waals surface area (Å²) < 4.78 is 17.8. The quantitative estimate of drug-likeness (QED) is 0.870. The number of halogens is 2. The largest absolute Gasteiger partial charge is 0.465 e. The predicted molar refractivity (Wildman–Crippen MR) is 76.5 cm³/mol. The van der Waals surface area contributed by atoms with E-state index >= 15 is 0 Å². The van der Waals surface area contributed by atoms with E-state index in [9.17, 15) is 9.18 Å². The first-order chi connectivity index (χ1) is 9.60. The molecule has 0 aliphatic carbocycles. The van der Waals surface area contributed by atoms with Gasteiger partial charge in [-0.1, -0.05) is 23.7 Å². The monoisotopic (exact) mass is 293 g/mol. The van der Waals surface area contributed by atoms with Crippen LogP contribution in [0.15, 0.2) is 42.5 Å². The maximum Gasteiger partial charge on any atom is 0.340 e. The number of benzene rings is 2. The van der Waals surface area contributed by atoms with Crippen molar-refractivity contribution in [2.24, 2.45) is 0 Å². The van der Waals surface area contributed by atoms with E-state index in [0.717, 1.165) is 11.6 Å². The molecule has 0 aliphatic heterocycles. The summed E-state index contributed by atoms with van der Waals surface area (Å²) in [4.78, 5) is 11.6. The summed E-state index contributed by atoms with van der Waals surface area (Å²) in [5, 5.41) is 3.71. The van der Waals surface area contributed by atoms with E-state index in [-0.39, 0.29) is 5.56 Å². The molecule has 0 saturated heterocycles. The number of methoxy groups -OCH3 is 1. The second kappa shape index (κ2) is 6.39. The normalized spacial score (nSPS) is 10.2. The molecule has 1 N–H and O–H groups in total. The van der Waals surface area contributed by atoms with Crippen LogP contribution in [0.2, 0.25) is 5.02 Å². The lowest BCUT2D eigenvalue weighted by Crippen LogP contribution is -2.08. The Labute approximate surface area is 121 Å². The Balaban J connectivity index is 2.19. The molecule has 0 saturated carbocycles. The number of hydrogen-bond donors (Lipinski definition) is 1. The first kappa shape index (κ1) is 14.3. The molecule has 0 aliphatic rings. The fraction of sp³-hybridized carbons (Fsp3) is 0.133. The smallest absolute Gasteiger partial charge is 0.340 e. The Morgan fingerprint density at radius 1 is 1.30 bits per heavy atom. The van der Waals surface area contributed by atoms with Gasteiger partial charge in [0.2, 0.25) is 0 Å². The van der Waals surface area contributed by atoms with Gasteiger partial charge in [-0.25, -0.2) is 9.18 Å². The van der Waals surface area contributed by atoms with Gasteiger partial charge >= 0.3 is 5.97 Å². The molecule has 20 heavy (non-hydrogen) atoms. The van der Waals surface area contributed by atoms with Crippen LogP contribution in [0.5, 0.6) is 0 Å². The minimum absolute atomic E-state index is 0.162. The summed E-state index contributed by atoms with van der Waals surface area (Å²) in [6.45, 7) is 0.468. The van der Waals surface area contributed by atoms with Crippen molar-refractivity contribution in [3.05, 3.63) is 64.4 Å². The summed E-state index contributed by atoms with van der Waals surface area (Å²) in [7, 11) is 1.26. The van der Waals surface area contributed by atoms with E-state index in [1.54, 1.807) is 6.07 Å². The van der Waals surface area contributed by atoms with E-state index in [0.29, 0.717) is 17.3 Å². The number of carbonyl (C=O) groups is 1. The molecule has 0 bridgehead atoms. The summed E-state index contributed by atoms with van der Waals surface area (Å²) in [5.41, 5.74) is 1.63. The zero-order chi connectivity index (χ0) is 14.5. The van der Waals surface area contributed by atoms with Gasteiger partial charge in [0, 0.05) is 17.3 Å². The summed E-state index contributed by atoms with van der Waals surface area (Å²) >= 11 is 5.90. The molecule has 104 valence electrons. The minimum Gasteiger partial charge on any atom is -0.465 e. The van der Waals surface area contributed by atoms with Crippen molar-refractivity contribution < 1.29 is 13.9 Å². The molecule has 0 spiro atoms. The molecule has 0 aromatic heterocycles. The van der Waals surface area contributed by atoms with Crippen LogP contribution < -0.4 is 5.32 Å². The van der Waals surface area contributed by atoms with E-state index in [1.165, 1.54) is 19.2 Å². The molecule has 0 amide bonds. The van der Waals surface area contributed by atoms with E-state index in [2.05, 4.69) is 10.1 Å². The van der Waals surface area contributed by atoms with Gasteiger partial charge in [0.05, 0.1) is 12.7 Å². The average Bonchev–Trinajstić information content (AvgIpc) is 2.45. The first-order valence-corrected chi connectivity index (χ1v) is 6.34. The number of ether oxygens (including phenoxy) is 1. The Hall–Kier alpha value is -2.07. The SMILES string of the molecule is COC(=O)c1cc(F)ccc1NCc1cccc(Cl)c1. The van der Waals surface area contributed by atoms with Crippen molar-refractivity contribution in [2.75, 3.05) is 12.4 Å². The lowest BCUT2D eigenvalue weighted by molar-refractivity contribution is 0.0601. The lowest BCUT2D eigenvalue weighted by atomic mass is 10.1. The number of carbonyl (C=O) groups excluding carboxylic acids is 1. The van der Waals surface area contributed by atoms with E-state index in [4.69, 9.17) is 11.6 Å². The van der Waals surface area contributed by atoms with Crippen LogP contribution in [0.4, 0.5) is 10.1 Å². The van der Waals surface area contributed by atoms with Crippen molar-refractivity contribution in [3.63, 3.8) is 0 Å². The van der Waals surface area contributed by atoms with E-state index in [1.807, 2.05) is 18.2 Å². The number of hydrogen-bond acceptors (Lipinski definition) is 3. The molecule has 0 atom stereocenters. The van der Waals surface area contributed by atoms with Crippen molar-refractivity contribution >= 4 is 23.3 Å². The van der Waals surface area contributed by atoms with Crippen LogP contribution >= 0.6 is 11.6 Å². The highest BCUT2D eigenvalue weighted by Gasteiger charge is 2.12. The van der Waals surface area contributed by atoms with Crippen LogP contribution in [-0.4, -0.2) is 13.1 Å². The Bertz CT molecular complexity index is 631. The molecular formula is C15H13ClFNO2. The highest BCUT2D eigenvalue weighted by molar-refractivity contribution is 6.30. The summed E-state index contributed by atoms with van der Waals surface area (Å²) in [5.74, 6) is -1.07. The fourth-order valence-corrected chi connectivity index (χ4v) is 2.01. The van der Waals surface area contributed by atoms with Gasteiger partial charge in [0.15, 0.2) is 0 Å². The molecule has 0 heterocycles. The number of esters is 1. The average molecular weight is 294 g/mol. The van der Waals surface area contributed by atoms with Gasteiger partial charge in [-0.2, -0.15) is 0 Å². The molecule has 2 rings (SSSR count). The summed E-state index contributed by atoms with van der Waals surface area (Å²) in [6.07, 6.45) is 0. The molecule has 0 unspecified atom stereocenters. The Morgan fingerprint density at radius 2 is 2.10 bits per heavy atom. The maximum absolute atomic E-state index is 13.2. The zero-order valence-electron chi connectivity index (χ0n) is 10.8.